The van der Waals surface area contributed by atoms with Crippen LogP contribution in [0.2, 0.25) is 0 Å². The van der Waals surface area contributed by atoms with Crippen LogP contribution in [0.1, 0.15) is 27.4 Å². The third-order valence-corrected chi connectivity index (χ3v) is 4.58. The molecule has 0 unspecified atom stereocenters. The van der Waals surface area contributed by atoms with Crippen LogP contribution in [0.5, 0.6) is 5.75 Å². The van der Waals surface area contributed by atoms with Gasteiger partial charge in [-0.15, -0.1) is 0 Å². The molecule has 2 amide bonds. The Kier molecular flexibility index (Phi) is 4.52. The zero-order chi connectivity index (χ0) is 19.7. The monoisotopic (exact) mass is 378 g/mol. The number of aryl methyl sites for hydroxylation is 2. The molecule has 1 aromatic carbocycles. The molecule has 0 saturated heterocycles. The molecule has 0 aliphatic carbocycles. The van der Waals surface area contributed by atoms with Crippen LogP contribution in [0.25, 0.3) is 0 Å². The number of anilines is 2. The highest BCUT2D eigenvalue weighted by molar-refractivity contribution is 6.05. The molecular formula is C20H18N4O4. The number of benzene rings is 1. The fourth-order valence-electron chi connectivity index (χ4n) is 3.04. The average Bonchev–Trinajstić information content (AvgIpc) is 3.02. The zero-order valence-corrected chi connectivity index (χ0v) is 15.4. The van der Waals surface area contributed by atoms with E-state index in [1.807, 2.05) is 13.8 Å². The van der Waals surface area contributed by atoms with E-state index in [0.717, 1.165) is 11.3 Å². The lowest BCUT2D eigenvalue weighted by atomic mass is 10.1. The maximum atomic E-state index is 12.5. The number of nitrogens with zero attached hydrogens (tertiary/aromatic N) is 3. The van der Waals surface area contributed by atoms with Gasteiger partial charge in [-0.2, -0.15) is 0 Å². The Bertz CT molecular complexity index is 1030. The summed E-state index contributed by atoms with van der Waals surface area (Å²) in [5, 5.41) is 6.77. The molecule has 142 valence electrons. The molecule has 0 saturated carbocycles. The third kappa shape index (κ3) is 3.32. The fourth-order valence-corrected chi connectivity index (χ4v) is 3.04. The normalized spacial score (nSPS) is 13.1. The van der Waals surface area contributed by atoms with Crippen LogP contribution in [0.3, 0.4) is 0 Å². The molecule has 3 aromatic rings. The first-order valence-electron chi connectivity index (χ1n) is 8.73. The Morgan fingerprint density at radius 1 is 1.29 bits per heavy atom. The van der Waals surface area contributed by atoms with Gasteiger partial charge in [-0.1, -0.05) is 5.16 Å². The molecule has 1 N–H and O–H groups in total. The number of carbonyl (C=O) groups excluding carboxylic acids is 2. The predicted molar refractivity (Wildman–Crippen MR) is 101 cm³/mol. The van der Waals surface area contributed by atoms with Gasteiger partial charge in [0.1, 0.15) is 11.5 Å². The molecule has 0 bridgehead atoms. The van der Waals surface area contributed by atoms with Crippen molar-refractivity contribution in [3.05, 3.63) is 65.3 Å². The van der Waals surface area contributed by atoms with Gasteiger partial charge in [0, 0.05) is 23.6 Å². The molecule has 0 atom stereocenters. The highest BCUT2D eigenvalue weighted by Crippen LogP contribution is 2.36. The third-order valence-electron chi connectivity index (χ3n) is 4.58. The number of hydrogen-bond donors (Lipinski definition) is 1. The molecule has 2 aromatic heterocycles. The van der Waals surface area contributed by atoms with Crippen LogP contribution in [-0.4, -0.2) is 28.6 Å². The number of rotatable bonds is 4. The number of carbonyl (C=O) groups is 2. The number of ether oxygens (including phenoxy) is 1. The van der Waals surface area contributed by atoms with Crippen molar-refractivity contribution in [3.8, 4) is 5.75 Å². The average molecular weight is 378 g/mol. The lowest BCUT2D eigenvalue weighted by Gasteiger charge is -2.29. The van der Waals surface area contributed by atoms with E-state index in [-0.39, 0.29) is 18.4 Å². The summed E-state index contributed by atoms with van der Waals surface area (Å²) in [6.07, 6.45) is 3.09. The SMILES string of the molecule is Cc1noc(C)c1CN1C(=O)COc2ccc(NC(=O)c3cccnc3)cc21. The fraction of sp³-hybridized carbons (Fsp3) is 0.200. The van der Waals surface area contributed by atoms with Crippen molar-refractivity contribution in [3.63, 3.8) is 0 Å². The van der Waals surface area contributed by atoms with Crippen LogP contribution < -0.4 is 15.0 Å². The predicted octanol–water partition coefficient (Wildman–Crippen LogP) is 2.86. The van der Waals surface area contributed by atoms with E-state index in [1.165, 1.54) is 6.20 Å². The van der Waals surface area contributed by atoms with Crippen LogP contribution in [0.4, 0.5) is 11.4 Å². The molecule has 1 aliphatic rings. The maximum absolute atomic E-state index is 12.5. The van der Waals surface area contributed by atoms with Crippen molar-refractivity contribution in [2.75, 3.05) is 16.8 Å². The molecule has 3 heterocycles. The Balaban J connectivity index is 1.63. The second-order valence-corrected chi connectivity index (χ2v) is 6.45. The van der Waals surface area contributed by atoms with Gasteiger partial charge in [0.25, 0.3) is 11.8 Å². The highest BCUT2D eigenvalue weighted by atomic mass is 16.5. The largest absolute Gasteiger partial charge is 0.482 e. The topological polar surface area (TPSA) is 97.6 Å². The first kappa shape index (κ1) is 17.7. The second kappa shape index (κ2) is 7.15. The second-order valence-electron chi connectivity index (χ2n) is 6.45. The lowest BCUT2D eigenvalue weighted by molar-refractivity contribution is -0.121. The van der Waals surface area contributed by atoms with Gasteiger partial charge in [-0.3, -0.25) is 14.6 Å². The molecule has 8 nitrogen and oxygen atoms in total. The summed E-state index contributed by atoms with van der Waals surface area (Å²) in [6.45, 7) is 3.92. The van der Waals surface area contributed by atoms with E-state index >= 15 is 0 Å². The zero-order valence-electron chi connectivity index (χ0n) is 15.4. The van der Waals surface area contributed by atoms with Gasteiger partial charge in [0.2, 0.25) is 0 Å². The standard InChI is InChI=1S/C20H18N4O4/c1-12-16(13(2)28-23-12)10-24-17-8-15(5-6-18(17)27-11-19(24)25)22-20(26)14-4-3-7-21-9-14/h3-9H,10-11H2,1-2H3,(H,22,26). The number of hydrogen-bond acceptors (Lipinski definition) is 6. The van der Waals surface area contributed by atoms with E-state index in [1.54, 1.807) is 41.4 Å². The smallest absolute Gasteiger partial charge is 0.265 e. The van der Waals surface area contributed by atoms with Crippen LogP contribution >= 0.6 is 0 Å². The van der Waals surface area contributed by atoms with E-state index in [9.17, 15) is 9.59 Å². The van der Waals surface area contributed by atoms with Gasteiger partial charge in [0.15, 0.2) is 6.61 Å². The summed E-state index contributed by atoms with van der Waals surface area (Å²) in [5.41, 5.74) is 3.17. The number of amides is 2. The van der Waals surface area contributed by atoms with Gasteiger partial charge in [0.05, 0.1) is 23.5 Å². The number of pyridine rings is 1. The number of fused-ring (bicyclic) bond motifs is 1. The summed E-state index contributed by atoms with van der Waals surface area (Å²) in [4.78, 5) is 30.5. The minimum absolute atomic E-state index is 0.0439. The van der Waals surface area contributed by atoms with Crippen LogP contribution in [0.15, 0.2) is 47.2 Å². The maximum Gasteiger partial charge on any atom is 0.265 e. The van der Waals surface area contributed by atoms with Crippen molar-refractivity contribution < 1.29 is 18.8 Å². The summed E-state index contributed by atoms with van der Waals surface area (Å²) in [5.74, 6) is 0.779. The van der Waals surface area contributed by atoms with Gasteiger partial charge >= 0.3 is 0 Å². The van der Waals surface area contributed by atoms with Crippen molar-refractivity contribution in [1.82, 2.24) is 10.1 Å². The number of aromatic nitrogens is 2. The highest BCUT2D eigenvalue weighted by Gasteiger charge is 2.28. The molecule has 0 spiro atoms. The quantitative estimate of drug-likeness (QED) is 0.750. The summed E-state index contributed by atoms with van der Waals surface area (Å²) in [7, 11) is 0. The minimum Gasteiger partial charge on any atom is -0.482 e. The van der Waals surface area contributed by atoms with Crippen molar-refractivity contribution in [2.45, 2.75) is 20.4 Å². The minimum atomic E-state index is -0.284. The van der Waals surface area contributed by atoms with Gasteiger partial charge < -0.3 is 19.5 Å². The van der Waals surface area contributed by atoms with Gasteiger partial charge in [-0.25, -0.2) is 0 Å². The Morgan fingerprint density at radius 2 is 2.14 bits per heavy atom. The first-order valence-corrected chi connectivity index (χ1v) is 8.73. The van der Waals surface area contributed by atoms with E-state index in [0.29, 0.717) is 35.0 Å². The molecule has 8 heteroatoms. The Hall–Kier alpha value is -3.68. The van der Waals surface area contributed by atoms with Crippen molar-refractivity contribution in [1.29, 1.82) is 0 Å². The molecule has 4 rings (SSSR count). The summed E-state index contributed by atoms with van der Waals surface area (Å²) >= 11 is 0. The number of nitrogens with one attached hydrogen (secondary N) is 1. The first-order chi connectivity index (χ1) is 13.5. The Morgan fingerprint density at radius 3 is 2.86 bits per heavy atom. The lowest BCUT2D eigenvalue weighted by Crippen LogP contribution is -2.38. The van der Waals surface area contributed by atoms with E-state index < -0.39 is 0 Å². The molecular weight excluding hydrogens is 360 g/mol. The summed E-state index contributed by atoms with van der Waals surface area (Å²) in [6, 6.07) is 8.56. The van der Waals surface area contributed by atoms with E-state index in [2.05, 4.69) is 15.5 Å². The van der Waals surface area contributed by atoms with Gasteiger partial charge in [-0.05, 0) is 44.2 Å². The van der Waals surface area contributed by atoms with Crippen LogP contribution in [-0.2, 0) is 11.3 Å². The van der Waals surface area contributed by atoms with E-state index in [4.69, 9.17) is 9.26 Å². The van der Waals surface area contributed by atoms with Crippen molar-refractivity contribution >= 4 is 23.2 Å². The Labute approximate surface area is 161 Å². The van der Waals surface area contributed by atoms with Crippen molar-refractivity contribution in [2.24, 2.45) is 0 Å². The summed E-state index contributed by atoms with van der Waals surface area (Å²) < 4.78 is 10.7. The van der Waals surface area contributed by atoms with Crippen LogP contribution in [0, 0.1) is 13.8 Å². The molecule has 28 heavy (non-hydrogen) atoms. The molecule has 0 fully saturated rings. The molecule has 0 radical (unpaired) electrons. The molecule has 1 aliphatic heterocycles.